The molecule has 3 rings (SSSR count). The maximum Gasteiger partial charge on any atom is 0.222 e. The molecule has 0 spiro atoms. The van der Waals surface area contributed by atoms with E-state index in [1.165, 1.54) is 0 Å². The van der Waals surface area contributed by atoms with Gasteiger partial charge in [0.1, 0.15) is 5.82 Å². The van der Waals surface area contributed by atoms with Crippen molar-refractivity contribution >= 4 is 23.3 Å². The van der Waals surface area contributed by atoms with Crippen molar-refractivity contribution in [2.45, 2.75) is 25.8 Å². The second-order valence-corrected chi connectivity index (χ2v) is 6.74. The molecule has 0 unspecified atom stereocenters. The van der Waals surface area contributed by atoms with Crippen LogP contribution in [-0.4, -0.2) is 39.2 Å². The Morgan fingerprint density at radius 2 is 2.21 bits per heavy atom. The van der Waals surface area contributed by atoms with Crippen LogP contribution in [0.3, 0.4) is 0 Å². The van der Waals surface area contributed by atoms with Crippen LogP contribution in [0.1, 0.15) is 30.0 Å². The quantitative estimate of drug-likeness (QED) is 0.923. The Kier molecular flexibility index (Phi) is 4.76. The first-order valence-corrected chi connectivity index (χ1v) is 8.44. The van der Waals surface area contributed by atoms with E-state index >= 15 is 0 Å². The Morgan fingerprint density at radius 3 is 2.92 bits per heavy atom. The zero-order valence-electron chi connectivity index (χ0n) is 14.2. The molecular formula is C17H22ClN5O. The van der Waals surface area contributed by atoms with Crippen molar-refractivity contribution in [2.75, 3.05) is 18.9 Å². The number of nitrogens with zero attached hydrogens (tertiary/aromatic N) is 4. The number of aromatic nitrogens is 3. The van der Waals surface area contributed by atoms with Gasteiger partial charge in [-0.1, -0.05) is 11.6 Å². The fourth-order valence-corrected chi connectivity index (χ4v) is 3.49. The van der Waals surface area contributed by atoms with E-state index in [0.29, 0.717) is 23.8 Å². The molecule has 3 heterocycles. The lowest BCUT2D eigenvalue weighted by Gasteiger charge is -2.38. The standard InChI is InChI=1S/C17H22ClN5O/c1-11-6-7-19-17(15(11)18)20-8-12-4-5-14(24)23(3)16(12)13-9-21-22(2)10-13/h6-7,9-10,12,16H,4-5,8H2,1-3H3,(H,19,20)/t12-,16+/m1/s1. The molecule has 1 aliphatic rings. The minimum absolute atomic E-state index is 0.0102. The third-order valence-electron chi connectivity index (χ3n) is 4.67. The molecule has 0 aromatic carbocycles. The molecule has 7 heteroatoms. The van der Waals surface area contributed by atoms with Crippen molar-refractivity contribution < 1.29 is 4.79 Å². The summed E-state index contributed by atoms with van der Waals surface area (Å²) in [5.41, 5.74) is 2.05. The summed E-state index contributed by atoms with van der Waals surface area (Å²) in [6, 6.07) is 1.90. The van der Waals surface area contributed by atoms with Crippen LogP contribution in [0.4, 0.5) is 5.82 Å². The van der Waals surface area contributed by atoms with Crippen LogP contribution >= 0.6 is 11.6 Å². The molecule has 1 saturated heterocycles. The Morgan fingerprint density at radius 1 is 1.42 bits per heavy atom. The Hall–Kier alpha value is -2.08. The summed E-state index contributed by atoms with van der Waals surface area (Å²) >= 11 is 6.32. The molecule has 2 aromatic heterocycles. The van der Waals surface area contributed by atoms with Gasteiger partial charge < -0.3 is 10.2 Å². The molecule has 0 aliphatic carbocycles. The highest BCUT2D eigenvalue weighted by Gasteiger charge is 2.35. The van der Waals surface area contributed by atoms with Gasteiger partial charge in [-0.15, -0.1) is 0 Å². The number of amides is 1. The number of hydrogen-bond donors (Lipinski definition) is 1. The second kappa shape index (κ2) is 6.81. The summed E-state index contributed by atoms with van der Waals surface area (Å²) in [7, 11) is 3.75. The number of pyridine rings is 1. The predicted molar refractivity (Wildman–Crippen MR) is 93.9 cm³/mol. The van der Waals surface area contributed by atoms with E-state index in [0.717, 1.165) is 17.5 Å². The van der Waals surface area contributed by atoms with Crippen molar-refractivity contribution in [3.8, 4) is 0 Å². The maximum absolute atomic E-state index is 12.1. The highest BCUT2D eigenvalue weighted by atomic mass is 35.5. The van der Waals surface area contributed by atoms with E-state index in [-0.39, 0.29) is 17.9 Å². The van der Waals surface area contributed by atoms with E-state index in [1.54, 1.807) is 10.9 Å². The van der Waals surface area contributed by atoms with Crippen LogP contribution in [0.2, 0.25) is 5.02 Å². The molecule has 1 N–H and O–H groups in total. The van der Waals surface area contributed by atoms with Crippen LogP contribution in [-0.2, 0) is 11.8 Å². The lowest BCUT2D eigenvalue weighted by molar-refractivity contribution is -0.136. The summed E-state index contributed by atoms with van der Waals surface area (Å²) in [6.45, 7) is 2.66. The number of likely N-dealkylation sites (tertiary alicyclic amines) is 1. The van der Waals surface area contributed by atoms with Crippen molar-refractivity contribution in [3.63, 3.8) is 0 Å². The summed E-state index contributed by atoms with van der Waals surface area (Å²) < 4.78 is 1.77. The Labute approximate surface area is 146 Å². The number of carbonyl (C=O) groups excluding carboxylic acids is 1. The zero-order valence-corrected chi connectivity index (χ0v) is 14.9. The maximum atomic E-state index is 12.1. The van der Waals surface area contributed by atoms with Gasteiger partial charge in [0.15, 0.2) is 0 Å². The number of halogens is 1. The largest absolute Gasteiger partial charge is 0.368 e. The minimum Gasteiger partial charge on any atom is -0.368 e. The highest BCUT2D eigenvalue weighted by Crippen LogP contribution is 2.36. The number of hydrogen-bond acceptors (Lipinski definition) is 4. The van der Waals surface area contributed by atoms with Crippen LogP contribution in [0.25, 0.3) is 0 Å². The molecule has 24 heavy (non-hydrogen) atoms. The van der Waals surface area contributed by atoms with Gasteiger partial charge >= 0.3 is 0 Å². The lowest BCUT2D eigenvalue weighted by atomic mass is 9.85. The number of carbonyl (C=O) groups is 1. The van der Waals surface area contributed by atoms with Gasteiger partial charge in [0.25, 0.3) is 0 Å². The first-order chi connectivity index (χ1) is 11.5. The smallest absolute Gasteiger partial charge is 0.222 e. The third-order valence-corrected chi connectivity index (χ3v) is 5.14. The fraction of sp³-hybridized carbons (Fsp3) is 0.471. The molecule has 1 amide bonds. The molecule has 6 nitrogen and oxygen atoms in total. The SMILES string of the molecule is Cc1ccnc(NC[C@H]2CCC(=O)N(C)[C@@H]2c2cnn(C)c2)c1Cl. The predicted octanol–water partition coefficient (Wildman–Crippen LogP) is 2.80. The van der Waals surface area contributed by atoms with Crippen LogP contribution in [0.5, 0.6) is 0 Å². The van der Waals surface area contributed by atoms with E-state index in [2.05, 4.69) is 15.4 Å². The fourth-order valence-electron chi connectivity index (χ4n) is 3.31. The molecule has 2 atom stereocenters. The molecule has 0 saturated carbocycles. The number of rotatable bonds is 4. The van der Waals surface area contributed by atoms with Crippen molar-refractivity contribution in [1.29, 1.82) is 0 Å². The molecule has 0 bridgehead atoms. The van der Waals surface area contributed by atoms with E-state index in [1.807, 2.05) is 44.4 Å². The highest BCUT2D eigenvalue weighted by molar-refractivity contribution is 6.33. The first kappa shape index (κ1) is 16.8. The zero-order chi connectivity index (χ0) is 17.3. The summed E-state index contributed by atoms with van der Waals surface area (Å²) in [5.74, 6) is 1.14. The van der Waals surface area contributed by atoms with E-state index < -0.39 is 0 Å². The summed E-state index contributed by atoms with van der Waals surface area (Å²) in [5, 5.41) is 8.26. The van der Waals surface area contributed by atoms with Crippen LogP contribution in [0.15, 0.2) is 24.7 Å². The average molecular weight is 348 g/mol. The minimum atomic E-state index is 0.0102. The summed E-state index contributed by atoms with van der Waals surface area (Å²) in [6.07, 6.45) is 6.96. The van der Waals surface area contributed by atoms with Crippen molar-refractivity contribution in [3.05, 3.63) is 40.8 Å². The van der Waals surface area contributed by atoms with Crippen molar-refractivity contribution in [2.24, 2.45) is 13.0 Å². The van der Waals surface area contributed by atoms with Gasteiger partial charge in [-0.2, -0.15) is 5.10 Å². The van der Waals surface area contributed by atoms with Crippen LogP contribution in [0, 0.1) is 12.8 Å². The molecule has 2 aromatic rings. The number of nitrogens with one attached hydrogen (secondary N) is 1. The molecule has 1 aliphatic heterocycles. The average Bonchev–Trinajstić information content (AvgIpc) is 2.98. The second-order valence-electron chi connectivity index (χ2n) is 6.37. The number of piperidine rings is 1. The van der Waals surface area contributed by atoms with E-state index in [9.17, 15) is 4.79 Å². The Balaban J connectivity index is 1.79. The first-order valence-electron chi connectivity index (χ1n) is 8.06. The molecular weight excluding hydrogens is 326 g/mol. The van der Waals surface area contributed by atoms with Crippen LogP contribution < -0.4 is 5.32 Å². The molecule has 0 radical (unpaired) electrons. The Bertz CT molecular complexity index is 744. The third kappa shape index (κ3) is 3.24. The monoisotopic (exact) mass is 347 g/mol. The van der Waals surface area contributed by atoms with E-state index in [4.69, 9.17) is 11.6 Å². The molecule has 1 fully saturated rings. The van der Waals surface area contributed by atoms with Gasteiger partial charge in [-0.25, -0.2) is 4.98 Å². The lowest BCUT2D eigenvalue weighted by Crippen LogP contribution is -2.42. The van der Waals surface area contributed by atoms with Gasteiger partial charge in [0.2, 0.25) is 5.91 Å². The summed E-state index contributed by atoms with van der Waals surface area (Å²) in [4.78, 5) is 18.3. The number of aryl methyl sites for hydroxylation is 2. The van der Waals surface area contributed by atoms with Gasteiger partial charge in [-0.3, -0.25) is 9.48 Å². The topological polar surface area (TPSA) is 63.1 Å². The van der Waals surface area contributed by atoms with Gasteiger partial charge in [0.05, 0.1) is 17.3 Å². The normalized spacial score (nSPS) is 21.2. The number of anilines is 1. The van der Waals surface area contributed by atoms with Gasteiger partial charge in [-0.05, 0) is 25.0 Å². The van der Waals surface area contributed by atoms with Gasteiger partial charge in [0, 0.05) is 50.9 Å². The molecule has 128 valence electrons. The van der Waals surface area contributed by atoms with Crippen molar-refractivity contribution in [1.82, 2.24) is 19.7 Å².